The van der Waals surface area contributed by atoms with Crippen LogP contribution in [0.3, 0.4) is 0 Å². The van der Waals surface area contributed by atoms with Gasteiger partial charge in [0.25, 0.3) is 5.91 Å². The van der Waals surface area contributed by atoms with Crippen molar-refractivity contribution in [3.05, 3.63) is 36.0 Å². The van der Waals surface area contributed by atoms with Crippen molar-refractivity contribution >= 4 is 16.8 Å². The largest absolute Gasteiger partial charge is 0.361 e. The number of fused-ring (bicyclic) bond motifs is 1. The van der Waals surface area contributed by atoms with Gasteiger partial charge in [-0.2, -0.15) is 0 Å². The minimum Gasteiger partial charge on any atom is -0.361 e. The third kappa shape index (κ3) is 4.62. The topological polar surface area (TPSA) is 44.9 Å². The van der Waals surface area contributed by atoms with Gasteiger partial charge in [-0.05, 0) is 30.5 Å². The summed E-state index contributed by atoms with van der Waals surface area (Å²) in [4.78, 5) is 15.3. The molecule has 2 rings (SSSR count). The van der Waals surface area contributed by atoms with Crippen LogP contribution >= 0.6 is 0 Å². The molecular formula is C18H26N2O. The van der Waals surface area contributed by atoms with E-state index >= 15 is 0 Å². The van der Waals surface area contributed by atoms with Gasteiger partial charge in [0.2, 0.25) is 0 Å². The Morgan fingerprint density at radius 2 is 1.95 bits per heavy atom. The Morgan fingerprint density at radius 3 is 2.76 bits per heavy atom. The maximum Gasteiger partial charge on any atom is 0.251 e. The smallest absolute Gasteiger partial charge is 0.251 e. The molecule has 0 fully saturated rings. The first kappa shape index (κ1) is 15.6. The fourth-order valence-electron chi connectivity index (χ4n) is 2.61. The molecule has 3 nitrogen and oxygen atoms in total. The Balaban J connectivity index is 1.72. The molecule has 0 bridgehead atoms. The molecule has 2 aromatic rings. The summed E-state index contributed by atoms with van der Waals surface area (Å²) in [6.45, 7) is 5.30. The number of aromatic nitrogens is 1. The summed E-state index contributed by atoms with van der Waals surface area (Å²) in [6.07, 6.45) is 8.00. The van der Waals surface area contributed by atoms with Crippen LogP contribution in [-0.2, 0) is 0 Å². The molecule has 114 valence electrons. The van der Waals surface area contributed by atoms with Crippen molar-refractivity contribution in [3.8, 4) is 0 Å². The summed E-state index contributed by atoms with van der Waals surface area (Å²) in [5.74, 6) is 0.828. The zero-order valence-electron chi connectivity index (χ0n) is 13.1. The highest BCUT2D eigenvalue weighted by molar-refractivity contribution is 6.06. The van der Waals surface area contributed by atoms with Crippen LogP contribution in [0.1, 0.15) is 56.3 Å². The summed E-state index contributed by atoms with van der Waals surface area (Å²) < 4.78 is 0. The number of amides is 1. The number of rotatable bonds is 8. The number of carbonyl (C=O) groups is 1. The second-order valence-electron chi connectivity index (χ2n) is 6.10. The molecule has 0 saturated carbocycles. The van der Waals surface area contributed by atoms with E-state index in [-0.39, 0.29) is 5.91 Å². The maximum atomic E-state index is 12.2. The Bertz CT molecular complexity index is 571. The number of benzene rings is 1. The molecule has 2 N–H and O–H groups in total. The Morgan fingerprint density at radius 1 is 1.14 bits per heavy atom. The molecule has 1 aromatic carbocycles. The average Bonchev–Trinajstić information content (AvgIpc) is 2.93. The quantitative estimate of drug-likeness (QED) is 0.689. The molecule has 1 aromatic heterocycles. The minimum atomic E-state index is 0.0300. The normalized spacial score (nSPS) is 11.2. The first-order valence-electron chi connectivity index (χ1n) is 8.03. The Hall–Kier alpha value is -1.77. The van der Waals surface area contributed by atoms with Gasteiger partial charge >= 0.3 is 0 Å². The number of aromatic amines is 1. The molecule has 0 atom stereocenters. The van der Waals surface area contributed by atoms with Crippen LogP contribution in [0, 0.1) is 5.92 Å². The number of unbranched alkanes of at least 4 members (excludes halogenated alkanes) is 3. The van der Waals surface area contributed by atoms with Gasteiger partial charge in [0.05, 0.1) is 0 Å². The highest BCUT2D eigenvalue weighted by Gasteiger charge is 2.09. The summed E-state index contributed by atoms with van der Waals surface area (Å²) in [6, 6.07) is 7.74. The Kier molecular flexibility index (Phi) is 5.85. The van der Waals surface area contributed by atoms with Gasteiger partial charge in [0, 0.05) is 29.2 Å². The highest BCUT2D eigenvalue weighted by Crippen LogP contribution is 2.17. The van der Waals surface area contributed by atoms with Gasteiger partial charge in [-0.15, -0.1) is 0 Å². The second-order valence-corrected chi connectivity index (χ2v) is 6.10. The van der Waals surface area contributed by atoms with E-state index in [0.29, 0.717) is 0 Å². The SMILES string of the molecule is CC(C)CCCCCCNC(=O)c1cccc2[nH]ccc12. The molecule has 0 spiro atoms. The Labute approximate surface area is 127 Å². The molecule has 0 aliphatic rings. The molecule has 1 amide bonds. The van der Waals surface area contributed by atoms with Crippen molar-refractivity contribution in [2.75, 3.05) is 6.54 Å². The zero-order valence-corrected chi connectivity index (χ0v) is 13.1. The van der Waals surface area contributed by atoms with Crippen molar-refractivity contribution in [2.45, 2.75) is 46.0 Å². The molecule has 0 aliphatic heterocycles. The molecule has 21 heavy (non-hydrogen) atoms. The highest BCUT2D eigenvalue weighted by atomic mass is 16.1. The first-order valence-corrected chi connectivity index (χ1v) is 8.03. The first-order chi connectivity index (χ1) is 10.2. The van der Waals surface area contributed by atoms with Crippen LogP contribution < -0.4 is 5.32 Å². The second kappa shape index (κ2) is 7.87. The van der Waals surface area contributed by atoms with Crippen LogP contribution in [-0.4, -0.2) is 17.4 Å². The fraction of sp³-hybridized carbons (Fsp3) is 0.500. The van der Waals surface area contributed by atoms with Gasteiger partial charge < -0.3 is 10.3 Å². The molecule has 1 heterocycles. The van der Waals surface area contributed by atoms with E-state index in [9.17, 15) is 4.79 Å². The molecule has 0 unspecified atom stereocenters. The average molecular weight is 286 g/mol. The number of hydrogen-bond acceptors (Lipinski definition) is 1. The van der Waals surface area contributed by atoms with Crippen LogP contribution in [0.5, 0.6) is 0 Å². The van der Waals surface area contributed by atoms with Crippen molar-refractivity contribution in [1.82, 2.24) is 10.3 Å². The molecule has 0 saturated heterocycles. The van der Waals surface area contributed by atoms with E-state index in [4.69, 9.17) is 0 Å². The van der Waals surface area contributed by atoms with Crippen molar-refractivity contribution in [3.63, 3.8) is 0 Å². The van der Waals surface area contributed by atoms with E-state index < -0.39 is 0 Å². The lowest BCUT2D eigenvalue weighted by Crippen LogP contribution is -2.24. The standard InChI is InChI=1S/C18H26N2O/c1-14(2)8-5-3-4-6-12-20-18(21)16-9-7-10-17-15(16)11-13-19-17/h7,9-11,13-14,19H,3-6,8,12H2,1-2H3,(H,20,21). The lowest BCUT2D eigenvalue weighted by molar-refractivity contribution is 0.0954. The van der Waals surface area contributed by atoms with Crippen LogP contribution in [0.25, 0.3) is 10.9 Å². The molecule has 3 heteroatoms. The number of H-pyrrole nitrogens is 1. The number of nitrogens with one attached hydrogen (secondary N) is 2. The zero-order chi connectivity index (χ0) is 15.1. The summed E-state index contributed by atoms with van der Waals surface area (Å²) in [7, 11) is 0. The van der Waals surface area contributed by atoms with E-state index in [1.807, 2.05) is 30.5 Å². The third-order valence-corrected chi connectivity index (χ3v) is 3.83. The third-order valence-electron chi connectivity index (χ3n) is 3.83. The fourth-order valence-corrected chi connectivity index (χ4v) is 2.61. The summed E-state index contributed by atoms with van der Waals surface area (Å²) >= 11 is 0. The lowest BCUT2D eigenvalue weighted by atomic mass is 10.0. The van der Waals surface area contributed by atoms with Gasteiger partial charge in [0.15, 0.2) is 0 Å². The summed E-state index contributed by atoms with van der Waals surface area (Å²) in [5, 5.41) is 4.02. The lowest BCUT2D eigenvalue weighted by Gasteiger charge is -2.07. The van der Waals surface area contributed by atoms with Crippen LogP contribution in [0.15, 0.2) is 30.5 Å². The number of carbonyl (C=O) groups excluding carboxylic acids is 1. The van der Waals surface area contributed by atoms with Crippen LogP contribution in [0.4, 0.5) is 0 Å². The molecule has 0 aliphatic carbocycles. The van der Waals surface area contributed by atoms with Crippen molar-refractivity contribution in [1.29, 1.82) is 0 Å². The summed E-state index contributed by atoms with van der Waals surface area (Å²) in [5.41, 5.74) is 1.77. The van der Waals surface area contributed by atoms with Gasteiger partial charge in [-0.3, -0.25) is 4.79 Å². The van der Waals surface area contributed by atoms with Crippen molar-refractivity contribution in [2.24, 2.45) is 5.92 Å². The van der Waals surface area contributed by atoms with E-state index in [0.717, 1.165) is 35.3 Å². The van der Waals surface area contributed by atoms with Crippen LogP contribution in [0.2, 0.25) is 0 Å². The predicted octanol–water partition coefficient (Wildman–Crippen LogP) is 4.50. The monoisotopic (exact) mass is 286 g/mol. The van der Waals surface area contributed by atoms with E-state index in [2.05, 4.69) is 24.1 Å². The van der Waals surface area contributed by atoms with Gasteiger partial charge in [-0.25, -0.2) is 0 Å². The van der Waals surface area contributed by atoms with Crippen molar-refractivity contribution < 1.29 is 4.79 Å². The minimum absolute atomic E-state index is 0.0300. The van der Waals surface area contributed by atoms with E-state index in [1.165, 1.54) is 25.7 Å². The molecular weight excluding hydrogens is 260 g/mol. The molecule has 0 radical (unpaired) electrons. The van der Waals surface area contributed by atoms with E-state index in [1.54, 1.807) is 0 Å². The predicted molar refractivity (Wildman–Crippen MR) is 88.6 cm³/mol. The van der Waals surface area contributed by atoms with Gasteiger partial charge in [0.1, 0.15) is 0 Å². The number of hydrogen-bond donors (Lipinski definition) is 2. The van der Waals surface area contributed by atoms with Gasteiger partial charge in [-0.1, -0.05) is 45.6 Å². The maximum absolute atomic E-state index is 12.2.